The molecular formula is C19H13Cl2N3O3S. The van der Waals surface area contributed by atoms with Crippen LogP contribution >= 0.6 is 34.5 Å². The minimum Gasteiger partial charge on any atom is -0.497 e. The molecule has 0 saturated heterocycles. The van der Waals surface area contributed by atoms with E-state index in [9.17, 15) is 4.79 Å². The Balaban J connectivity index is 1.81. The van der Waals surface area contributed by atoms with Gasteiger partial charge in [-0.3, -0.25) is 4.79 Å². The number of hydrogen-bond acceptors (Lipinski definition) is 6. The van der Waals surface area contributed by atoms with Crippen molar-refractivity contribution in [2.75, 3.05) is 14.2 Å². The van der Waals surface area contributed by atoms with Crippen LogP contribution in [0.1, 0.15) is 5.56 Å². The van der Waals surface area contributed by atoms with E-state index in [4.69, 9.17) is 32.7 Å². The molecule has 0 aliphatic carbocycles. The fourth-order valence-electron chi connectivity index (χ4n) is 2.70. The molecule has 142 valence electrons. The van der Waals surface area contributed by atoms with Crippen LogP contribution in [-0.4, -0.2) is 28.8 Å². The topological polar surface area (TPSA) is 65.7 Å². The molecular weight excluding hydrogens is 421 g/mol. The lowest BCUT2D eigenvalue weighted by Gasteiger charge is -2.06. The Morgan fingerprint density at radius 1 is 1.11 bits per heavy atom. The molecule has 0 saturated carbocycles. The number of halogens is 2. The number of thiazole rings is 1. The fraction of sp³-hybridized carbons (Fsp3) is 0.105. The highest BCUT2D eigenvalue weighted by Gasteiger charge is 2.15. The predicted octanol–water partition coefficient (Wildman–Crippen LogP) is 3.69. The molecule has 6 nitrogen and oxygen atoms in total. The minimum atomic E-state index is -0.262. The first-order valence-electron chi connectivity index (χ1n) is 8.09. The van der Waals surface area contributed by atoms with Gasteiger partial charge in [-0.2, -0.15) is 9.50 Å². The van der Waals surface area contributed by atoms with E-state index in [1.807, 2.05) is 6.07 Å². The largest absolute Gasteiger partial charge is 0.497 e. The molecule has 0 aliphatic rings. The second-order valence-electron chi connectivity index (χ2n) is 5.78. The third kappa shape index (κ3) is 3.32. The molecule has 28 heavy (non-hydrogen) atoms. The SMILES string of the molecule is COc1ccc(/C=c2/sc3nc(-c4ccc(Cl)cc4Cl)nn3c2=O)c(OC)c1. The average molecular weight is 434 g/mol. The van der Waals surface area contributed by atoms with Crippen LogP contribution in [0.3, 0.4) is 0 Å². The van der Waals surface area contributed by atoms with E-state index in [2.05, 4.69) is 10.1 Å². The molecule has 0 spiro atoms. The maximum Gasteiger partial charge on any atom is 0.291 e. The number of benzene rings is 2. The second kappa shape index (κ2) is 7.43. The van der Waals surface area contributed by atoms with Crippen molar-refractivity contribution in [3.63, 3.8) is 0 Å². The molecule has 0 fully saturated rings. The van der Waals surface area contributed by atoms with E-state index in [0.29, 0.717) is 42.4 Å². The van der Waals surface area contributed by atoms with Gasteiger partial charge in [0.15, 0.2) is 5.82 Å². The Bertz CT molecular complexity index is 1300. The van der Waals surface area contributed by atoms with Crippen molar-refractivity contribution in [1.29, 1.82) is 0 Å². The molecule has 0 amide bonds. The first kappa shape index (κ1) is 18.7. The number of fused-ring (bicyclic) bond motifs is 1. The van der Waals surface area contributed by atoms with E-state index in [-0.39, 0.29) is 5.56 Å². The molecule has 4 rings (SSSR count). The molecule has 0 atom stereocenters. The van der Waals surface area contributed by atoms with Crippen molar-refractivity contribution in [1.82, 2.24) is 14.6 Å². The van der Waals surface area contributed by atoms with Crippen LogP contribution in [0.4, 0.5) is 0 Å². The Kier molecular flexibility index (Phi) is 4.97. The molecule has 9 heteroatoms. The summed E-state index contributed by atoms with van der Waals surface area (Å²) in [5.41, 5.74) is 1.11. The van der Waals surface area contributed by atoms with Gasteiger partial charge in [0.2, 0.25) is 4.96 Å². The summed E-state index contributed by atoms with van der Waals surface area (Å²) in [5.74, 6) is 1.65. The van der Waals surface area contributed by atoms with Crippen LogP contribution in [0.25, 0.3) is 22.4 Å². The molecule has 0 unspecified atom stereocenters. The predicted molar refractivity (Wildman–Crippen MR) is 111 cm³/mol. The highest BCUT2D eigenvalue weighted by Crippen LogP contribution is 2.29. The van der Waals surface area contributed by atoms with Crippen LogP contribution in [-0.2, 0) is 0 Å². The Hall–Kier alpha value is -2.61. The van der Waals surface area contributed by atoms with Crippen molar-refractivity contribution < 1.29 is 9.47 Å². The van der Waals surface area contributed by atoms with Crippen molar-refractivity contribution in [2.45, 2.75) is 0 Å². The molecule has 2 heterocycles. The van der Waals surface area contributed by atoms with Gasteiger partial charge in [-0.1, -0.05) is 34.5 Å². The van der Waals surface area contributed by atoms with Crippen LogP contribution in [0.2, 0.25) is 10.0 Å². The summed E-state index contributed by atoms with van der Waals surface area (Å²) in [6.45, 7) is 0. The number of nitrogens with zero attached hydrogens (tertiary/aromatic N) is 3. The van der Waals surface area contributed by atoms with E-state index < -0.39 is 0 Å². The van der Waals surface area contributed by atoms with Gasteiger partial charge in [0, 0.05) is 22.2 Å². The van der Waals surface area contributed by atoms with Gasteiger partial charge in [0.1, 0.15) is 11.5 Å². The lowest BCUT2D eigenvalue weighted by molar-refractivity contribution is 0.393. The summed E-state index contributed by atoms with van der Waals surface area (Å²) in [6.07, 6.45) is 1.75. The minimum absolute atomic E-state index is 0.262. The van der Waals surface area contributed by atoms with E-state index in [1.54, 1.807) is 50.6 Å². The van der Waals surface area contributed by atoms with Crippen LogP contribution in [0.15, 0.2) is 41.2 Å². The lowest BCUT2D eigenvalue weighted by Crippen LogP contribution is -2.23. The van der Waals surface area contributed by atoms with Crippen molar-refractivity contribution in [3.05, 3.63) is 66.9 Å². The fourth-order valence-corrected chi connectivity index (χ4v) is 4.09. The summed E-state index contributed by atoms with van der Waals surface area (Å²) >= 11 is 13.4. The van der Waals surface area contributed by atoms with Crippen LogP contribution < -0.4 is 19.6 Å². The quantitative estimate of drug-likeness (QED) is 0.490. The zero-order valence-corrected chi connectivity index (χ0v) is 17.1. The first-order valence-corrected chi connectivity index (χ1v) is 9.66. The standard InChI is InChI=1S/C19H13Cl2N3O3S/c1-26-12-5-3-10(15(9-12)27-2)7-16-18(25)24-19(28-16)22-17(23-24)13-6-4-11(20)8-14(13)21/h3-9H,1-2H3/b16-7+. The lowest BCUT2D eigenvalue weighted by atomic mass is 10.2. The first-order chi connectivity index (χ1) is 13.5. The number of aromatic nitrogens is 3. The monoisotopic (exact) mass is 433 g/mol. The summed E-state index contributed by atoms with van der Waals surface area (Å²) in [5, 5.41) is 5.25. The van der Waals surface area contributed by atoms with E-state index in [1.165, 1.54) is 15.9 Å². The van der Waals surface area contributed by atoms with Crippen molar-refractivity contribution >= 4 is 45.6 Å². The number of methoxy groups -OCH3 is 2. The molecule has 0 aliphatic heterocycles. The van der Waals surface area contributed by atoms with Crippen molar-refractivity contribution in [3.8, 4) is 22.9 Å². The van der Waals surface area contributed by atoms with Crippen molar-refractivity contribution in [2.24, 2.45) is 0 Å². The zero-order chi connectivity index (χ0) is 19.8. The zero-order valence-electron chi connectivity index (χ0n) is 14.8. The number of rotatable bonds is 4. The average Bonchev–Trinajstić information content (AvgIpc) is 3.21. The van der Waals surface area contributed by atoms with Gasteiger partial charge in [-0.05, 0) is 36.4 Å². The normalized spacial score (nSPS) is 11.9. The Labute approximate surface area is 173 Å². The maximum absolute atomic E-state index is 12.8. The van der Waals surface area contributed by atoms with Gasteiger partial charge in [-0.15, -0.1) is 5.10 Å². The third-order valence-corrected chi connectivity index (χ3v) is 5.59. The number of hydrogen-bond donors (Lipinski definition) is 0. The highest BCUT2D eigenvalue weighted by molar-refractivity contribution is 7.15. The van der Waals surface area contributed by atoms with Gasteiger partial charge in [0.25, 0.3) is 5.56 Å². The molecule has 2 aromatic heterocycles. The summed E-state index contributed by atoms with van der Waals surface area (Å²) in [4.78, 5) is 17.7. The summed E-state index contributed by atoms with van der Waals surface area (Å²) in [7, 11) is 3.15. The number of ether oxygens (including phenoxy) is 2. The van der Waals surface area contributed by atoms with Gasteiger partial charge in [0.05, 0.1) is 23.8 Å². The van der Waals surface area contributed by atoms with Crippen LogP contribution in [0.5, 0.6) is 11.5 Å². The molecule has 4 aromatic rings. The van der Waals surface area contributed by atoms with Crippen LogP contribution in [0, 0.1) is 0 Å². The maximum atomic E-state index is 12.8. The highest BCUT2D eigenvalue weighted by atomic mass is 35.5. The molecule has 2 aromatic carbocycles. The third-order valence-electron chi connectivity index (χ3n) is 4.08. The van der Waals surface area contributed by atoms with Gasteiger partial charge < -0.3 is 9.47 Å². The van der Waals surface area contributed by atoms with Gasteiger partial charge in [-0.25, -0.2) is 0 Å². The van der Waals surface area contributed by atoms with E-state index >= 15 is 0 Å². The molecule has 0 N–H and O–H groups in total. The molecule has 0 radical (unpaired) electrons. The van der Waals surface area contributed by atoms with Gasteiger partial charge >= 0.3 is 0 Å². The summed E-state index contributed by atoms with van der Waals surface area (Å²) in [6, 6.07) is 10.4. The smallest absolute Gasteiger partial charge is 0.291 e. The Morgan fingerprint density at radius 3 is 2.61 bits per heavy atom. The van der Waals surface area contributed by atoms with E-state index in [0.717, 1.165) is 5.56 Å². The summed E-state index contributed by atoms with van der Waals surface area (Å²) < 4.78 is 12.3. The molecule has 0 bridgehead atoms. The Morgan fingerprint density at radius 2 is 1.93 bits per heavy atom. The second-order valence-corrected chi connectivity index (χ2v) is 7.63.